The van der Waals surface area contributed by atoms with Crippen LogP contribution in [-0.2, 0) is 6.54 Å². The van der Waals surface area contributed by atoms with Crippen molar-refractivity contribution < 1.29 is 13.6 Å². The lowest BCUT2D eigenvalue weighted by molar-refractivity contribution is 0.0115. The molecule has 0 aliphatic carbocycles. The number of carbonyl (C=O) groups is 1. The lowest BCUT2D eigenvalue weighted by atomic mass is 10.0. The maximum atomic E-state index is 13.5. The second-order valence-electron chi connectivity index (χ2n) is 8.05. The number of halogens is 2. The van der Waals surface area contributed by atoms with E-state index >= 15 is 0 Å². The first-order chi connectivity index (χ1) is 15.5. The predicted molar refractivity (Wildman–Crippen MR) is 119 cm³/mol. The van der Waals surface area contributed by atoms with Crippen LogP contribution in [0.5, 0.6) is 0 Å². The fraction of sp³-hybridized carbons (Fsp3) is 0.208. The summed E-state index contributed by atoms with van der Waals surface area (Å²) in [6, 6.07) is 16.8. The van der Waals surface area contributed by atoms with Gasteiger partial charge in [-0.3, -0.25) is 19.8 Å². The number of pyridine rings is 1. The highest BCUT2D eigenvalue weighted by Crippen LogP contribution is 2.29. The monoisotopic (exact) mass is 433 g/mol. The predicted octanol–water partition coefficient (Wildman–Crippen LogP) is 4.72. The Labute approximate surface area is 183 Å². The van der Waals surface area contributed by atoms with Crippen LogP contribution in [0, 0.1) is 0 Å². The summed E-state index contributed by atoms with van der Waals surface area (Å²) < 4.78 is 27.0. The third-order valence-corrected chi connectivity index (χ3v) is 5.59. The molecule has 1 saturated heterocycles. The van der Waals surface area contributed by atoms with Gasteiger partial charge in [-0.15, -0.1) is 0 Å². The molecular weight excluding hydrogens is 412 g/mol. The molecule has 0 unspecified atom stereocenters. The summed E-state index contributed by atoms with van der Waals surface area (Å²) in [5, 5.41) is 10.6. The number of anilines is 1. The Balaban J connectivity index is 1.40. The first kappa shape index (κ1) is 20.3. The third kappa shape index (κ3) is 4.22. The van der Waals surface area contributed by atoms with Crippen molar-refractivity contribution in [3.8, 4) is 11.1 Å². The first-order valence-corrected chi connectivity index (χ1v) is 10.4. The van der Waals surface area contributed by atoms with Gasteiger partial charge in [0.05, 0.1) is 12.1 Å². The maximum absolute atomic E-state index is 13.5. The molecule has 0 atom stereocenters. The Morgan fingerprint density at radius 3 is 2.72 bits per heavy atom. The summed E-state index contributed by atoms with van der Waals surface area (Å²) in [7, 11) is 0. The zero-order valence-corrected chi connectivity index (χ0v) is 17.2. The maximum Gasteiger partial charge on any atom is 0.276 e. The summed E-state index contributed by atoms with van der Waals surface area (Å²) in [5.41, 5.74) is 4.33. The van der Waals surface area contributed by atoms with E-state index in [-0.39, 0.29) is 18.9 Å². The van der Waals surface area contributed by atoms with E-state index in [2.05, 4.69) is 20.5 Å². The van der Waals surface area contributed by atoms with Gasteiger partial charge in [-0.1, -0.05) is 24.3 Å². The number of amides is 1. The van der Waals surface area contributed by atoms with E-state index in [1.165, 1.54) is 0 Å². The van der Waals surface area contributed by atoms with Gasteiger partial charge in [0.2, 0.25) is 0 Å². The lowest BCUT2D eigenvalue weighted by Crippen LogP contribution is -2.24. The minimum absolute atomic E-state index is 0.106. The molecule has 1 aliphatic rings. The Bertz CT molecular complexity index is 1270. The molecule has 1 fully saturated rings. The summed E-state index contributed by atoms with van der Waals surface area (Å²) in [6.07, 6.45) is 3.33. The Morgan fingerprint density at radius 2 is 1.94 bits per heavy atom. The minimum Gasteiger partial charge on any atom is -0.321 e. The van der Waals surface area contributed by atoms with Crippen LogP contribution < -0.4 is 5.32 Å². The molecule has 2 N–H and O–H groups in total. The molecule has 8 heteroatoms. The fourth-order valence-corrected chi connectivity index (χ4v) is 4.01. The number of aromatic amines is 1. The molecule has 5 rings (SSSR count). The number of hydrogen-bond acceptors (Lipinski definition) is 4. The number of alkyl halides is 2. The Morgan fingerprint density at radius 1 is 1.09 bits per heavy atom. The highest BCUT2D eigenvalue weighted by molar-refractivity contribution is 6.11. The van der Waals surface area contributed by atoms with Gasteiger partial charge in [0.25, 0.3) is 11.8 Å². The van der Waals surface area contributed by atoms with E-state index < -0.39 is 5.92 Å². The summed E-state index contributed by atoms with van der Waals surface area (Å²) in [6.45, 7) is 0.575. The molecule has 6 nitrogen and oxygen atoms in total. The van der Waals surface area contributed by atoms with Gasteiger partial charge in [0, 0.05) is 48.5 Å². The Kier molecular flexibility index (Phi) is 5.14. The van der Waals surface area contributed by atoms with Crippen LogP contribution in [0.3, 0.4) is 0 Å². The molecule has 3 heterocycles. The molecule has 0 saturated carbocycles. The lowest BCUT2D eigenvalue weighted by Gasteiger charge is -2.15. The number of para-hydroxylation sites is 1. The van der Waals surface area contributed by atoms with Crippen molar-refractivity contribution in [2.45, 2.75) is 18.9 Å². The van der Waals surface area contributed by atoms with Crippen molar-refractivity contribution in [1.29, 1.82) is 0 Å². The van der Waals surface area contributed by atoms with Crippen molar-refractivity contribution in [1.82, 2.24) is 20.1 Å². The number of hydrogen-bond donors (Lipinski definition) is 2. The van der Waals surface area contributed by atoms with Crippen molar-refractivity contribution in [3.05, 3.63) is 78.2 Å². The molecule has 1 amide bonds. The number of nitrogens with zero attached hydrogens (tertiary/aromatic N) is 3. The smallest absolute Gasteiger partial charge is 0.276 e. The van der Waals surface area contributed by atoms with E-state index in [1.54, 1.807) is 17.3 Å². The summed E-state index contributed by atoms with van der Waals surface area (Å²) in [4.78, 5) is 18.8. The van der Waals surface area contributed by atoms with Crippen molar-refractivity contribution in [3.63, 3.8) is 0 Å². The standard InChI is InChI=1S/C24H21F2N5O/c25-24(26)8-9-31(15-24)14-16-10-18(13-27-12-16)17-6-7-21-20(11-17)22(30-29-21)23(32)28-19-4-2-1-3-5-19/h1-7,10-13H,8-9,14-15H2,(H,28,32)(H,29,30). The van der Waals surface area contributed by atoms with Crippen LogP contribution in [0.1, 0.15) is 22.5 Å². The molecule has 0 radical (unpaired) electrons. The molecule has 2 aromatic heterocycles. The zero-order valence-electron chi connectivity index (χ0n) is 17.2. The quantitative estimate of drug-likeness (QED) is 0.478. The minimum atomic E-state index is -2.62. The number of benzene rings is 2. The SMILES string of the molecule is O=C(Nc1ccccc1)c1n[nH]c2ccc(-c3cncc(CN4CCC(F)(F)C4)c3)cc12. The second-order valence-corrected chi connectivity index (χ2v) is 8.05. The molecule has 2 aromatic carbocycles. The van der Waals surface area contributed by atoms with Crippen molar-refractivity contribution in [2.75, 3.05) is 18.4 Å². The highest BCUT2D eigenvalue weighted by Gasteiger charge is 2.37. The van der Waals surface area contributed by atoms with Gasteiger partial charge < -0.3 is 5.32 Å². The number of fused-ring (bicyclic) bond motifs is 1. The van der Waals surface area contributed by atoms with Crippen LogP contribution in [0.15, 0.2) is 67.0 Å². The molecule has 4 aromatic rings. The van der Waals surface area contributed by atoms with E-state index in [0.29, 0.717) is 29.9 Å². The number of H-pyrrole nitrogens is 1. The molecule has 1 aliphatic heterocycles. The van der Waals surface area contributed by atoms with Gasteiger partial charge in [-0.2, -0.15) is 5.10 Å². The summed E-state index contributed by atoms with van der Waals surface area (Å²) in [5.74, 6) is -2.92. The number of aromatic nitrogens is 3. The number of carbonyl (C=O) groups excluding carboxylic acids is 1. The summed E-state index contributed by atoms with van der Waals surface area (Å²) >= 11 is 0. The van der Waals surface area contributed by atoms with Crippen LogP contribution in [0.25, 0.3) is 22.0 Å². The van der Waals surface area contributed by atoms with Crippen molar-refractivity contribution >= 4 is 22.5 Å². The second kappa shape index (κ2) is 8.12. The van der Waals surface area contributed by atoms with Gasteiger partial charge in [0.1, 0.15) is 0 Å². The molecule has 0 bridgehead atoms. The largest absolute Gasteiger partial charge is 0.321 e. The van der Waals surface area contributed by atoms with Crippen molar-refractivity contribution in [2.24, 2.45) is 0 Å². The molecule has 162 valence electrons. The molecular formula is C24H21F2N5O. The van der Waals surface area contributed by atoms with Crippen LogP contribution in [0.2, 0.25) is 0 Å². The average Bonchev–Trinajstić information content (AvgIpc) is 3.36. The van der Waals surface area contributed by atoms with Gasteiger partial charge in [0.15, 0.2) is 5.69 Å². The van der Waals surface area contributed by atoms with Crippen LogP contribution in [0.4, 0.5) is 14.5 Å². The fourth-order valence-electron chi connectivity index (χ4n) is 4.01. The topological polar surface area (TPSA) is 73.9 Å². The highest BCUT2D eigenvalue weighted by atomic mass is 19.3. The van der Waals surface area contributed by atoms with Gasteiger partial charge in [-0.25, -0.2) is 8.78 Å². The van der Waals surface area contributed by atoms with Crippen LogP contribution in [-0.4, -0.2) is 45.0 Å². The molecule has 0 spiro atoms. The number of nitrogens with one attached hydrogen (secondary N) is 2. The zero-order chi connectivity index (χ0) is 22.1. The normalized spacial score (nSPS) is 15.8. The number of rotatable bonds is 5. The van der Waals surface area contributed by atoms with E-state index in [9.17, 15) is 13.6 Å². The average molecular weight is 433 g/mol. The first-order valence-electron chi connectivity index (χ1n) is 10.4. The van der Waals surface area contributed by atoms with E-state index in [1.807, 2.05) is 54.6 Å². The molecule has 32 heavy (non-hydrogen) atoms. The Hall–Kier alpha value is -3.65. The van der Waals surface area contributed by atoms with E-state index in [4.69, 9.17) is 0 Å². The third-order valence-electron chi connectivity index (χ3n) is 5.59. The number of likely N-dealkylation sites (tertiary alicyclic amines) is 1. The van der Waals surface area contributed by atoms with Gasteiger partial charge >= 0.3 is 0 Å². The van der Waals surface area contributed by atoms with E-state index in [0.717, 1.165) is 22.2 Å². The van der Waals surface area contributed by atoms with Gasteiger partial charge in [-0.05, 0) is 41.5 Å². The van der Waals surface area contributed by atoms with Crippen LogP contribution >= 0.6 is 0 Å².